The summed E-state index contributed by atoms with van der Waals surface area (Å²) >= 11 is 0. The maximum Gasteiger partial charge on any atom is 0.256 e. The summed E-state index contributed by atoms with van der Waals surface area (Å²) in [4.78, 5) is 13.9. The first-order chi connectivity index (χ1) is 9.13. The van der Waals surface area contributed by atoms with Gasteiger partial charge in [0, 0.05) is 19.2 Å². The van der Waals surface area contributed by atoms with E-state index in [1.165, 1.54) is 7.11 Å². The summed E-state index contributed by atoms with van der Waals surface area (Å²) in [5.74, 6) is 0.347. The van der Waals surface area contributed by atoms with Gasteiger partial charge in [-0.2, -0.15) is 0 Å². The molecule has 1 heterocycles. The Morgan fingerprint density at radius 1 is 1.42 bits per heavy atom. The minimum atomic E-state index is -0.155. The second-order valence-electron chi connectivity index (χ2n) is 4.21. The zero-order valence-corrected chi connectivity index (χ0v) is 10.9. The van der Waals surface area contributed by atoms with Crippen molar-refractivity contribution in [3.63, 3.8) is 0 Å². The van der Waals surface area contributed by atoms with Gasteiger partial charge in [0.1, 0.15) is 5.75 Å². The number of nitrogens with two attached hydrogens (primary N) is 1. The van der Waals surface area contributed by atoms with E-state index in [9.17, 15) is 4.79 Å². The van der Waals surface area contributed by atoms with Gasteiger partial charge in [-0.25, -0.2) is 0 Å². The molecule has 0 saturated carbocycles. The van der Waals surface area contributed by atoms with Crippen LogP contribution in [-0.2, 0) is 6.54 Å². The van der Waals surface area contributed by atoms with Crippen LogP contribution < -0.4 is 10.5 Å². The Kier molecular flexibility index (Phi) is 3.75. The van der Waals surface area contributed by atoms with Crippen LogP contribution in [0.5, 0.6) is 5.75 Å². The van der Waals surface area contributed by atoms with Gasteiger partial charge in [-0.05, 0) is 18.2 Å². The van der Waals surface area contributed by atoms with Crippen molar-refractivity contribution in [2.45, 2.75) is 6.54 Å². The van der Waals surface area contributed by atoms with Crippen LogP contribution in [0.3, 0.4) is 0 Å². The molecular weight excluding hydrogens is 244 g/mol. The lowest BCUT2D eigenvalue weighted by molar-refractivity contribution is 0.0785. The van der Waals surface area contributed by atoms with Gasteiger partial charge in [0.25, 0.3) is 5.91 Å². The molecule has 0 spiro atoms. The fourth-order valence-corrected chi connectivity index (χ4v) is 1.84. The first-order valence-corrected chi connectivity index (χ1v) is 5.82. The van der Waals surface area contributed by atoms with Crippen molar-refractivity contribution in [2.24, 2.45) is 0 Å². The molecule has 0 aliphatic rings. The molecule has 0 atom stereocenters. The van der Waals surface area contributed by atoms with Crippen molar-refractivity contribution >= 4 is 11.6 Å². The topological polar surface area (TPSA) is 68.7 Å². The predicted octanol–water partition coefficient (Wildman–Crippen LogP) is 2.14. The normalized spacial score (nSPS) is 10.2. The average Bonchev–Trinajstić information content (AvgIpc) is 2.91. The van der Waals surface area contributed by atoms with Crippen molar-refractivity contribution in [1.29, 1.82) is 0 Å². The van der Waals surface area contributed by atoms with Crippen molar-refractivity contribution in [3.8, 4) is 5.75 Å². The first kappa shape index (κ1) is 13.0. The Hall–Kier alpha value is -2.43. The number of hydrogen-bond donors (Lipinski definition) is 1. The number of rotatable bonds is 4. The lowest BCUT2D eigenvalue weighted by Gasteiger charge is -2.18. The summed E-state index contributed by atoms with van der Waals surface area (Å²) in [6.45, 7) is 0.464. The summed E-state index contributed by atoms with van der Waals surface area (Å²) in [7, 11) is 3.24. The number of nitrogens with zero attached hydrogens (tertiary/aromatic N) is 1. The fraction of sp³-hybridized carbons (Fsp3) is 0.214. The highest BCUT2D eigenvalue weighted by atomic mass is 16.5. The summed E-state index contributed by atoms with van der Waals surface area (Å²) < 4.78 is 10.1. The molecular formula is C14H16N2O3. The molecule has 0 radical (unpaired) electrons. The third-order valence-corrected chi connectivity index (χ3v) is 2.86. The van der Waals surface area contributed by atoms with Crippen LogP contribution in [0.25, 0.3) is 0 Å². The highest BCUT2D eigenvalue weighted by Gasteiger charge is 2.17. The highest BCUT2D eigenvalue weighted by molar-refractivity contribution is 6.00. The standard InChI is InChI=1S/C14H16N2O3/c1-16(8-10-6-7-19-9-10)14(17)11-4-3-5-12(18-2)13(11)15/h3-7,9H,8,15H2,1-2H3. The maximum absolute atomic E-state index is 12.3. The number of ether oxygens (including phenoxy) is 1. The molecule has 0 aliphatic carbocycles. The van der Waals surface area contributed by atoms with Crippen molar-refractivity contribution in [1.82, 2.24) is 4.90 Å². The quantitative estimate of drug-likeness (QED) is 0.855. The van der Waals surface area contributed by atoms with Crippen LogP contribution in [0.4, 0.5) is 5.69 Å². The van der Waals surface area contributed by atoms with Crippen molar-refractivity contribution in [3.05, 3.63) is 47.9 Å². The second kappa shape index (κ2) is 5.48. The molecule has 0 bridgehead atoms. The molecule has 0 fully saturated rings. The van der Waals surface area contributed by atoms with Crippen LogP contribution in [0.1, 0.15) is 15.9 Å². The van der Waals surface area contributed by atoms with Gasteiger partial charge in [0.15, 0.2) is 0 Å². The maximum atomic E-state index is 12.3. The number of nitrogen functional groups attached to an aromatic ring is 1. The molecule has 100 valence electrons. The van der Waals surface area contributed by atoms with Crippen LogP contribution in [0, 0.1) is 0 Å². The molecule has 2 N–H and O–H groups in total. The Balaban J connectivity index is 2.19. The number of furan rings is 1. The average molecular weight is 260 g/mol. The largest absolute Gasteiger partial charge is 0.495 e. The van der Waals surface area contributed by atoms with Crippen molar-refractivity contribution < 1.29 is 13.9 Å². The smallest absolute Gasteiger partial charge is 0.256 e. The number of amides is 1. The first-order valence-electron chi connectivity index (χ1n) is 5.82. The van der Waals surface area contributed by atoms with Gasteiger partial charge in [-0.1, -0.05) is 6.07 Å². The van der Waals surface area contributed by atoms with Gasteiger partial charge >= 0.3 is 0 Å². The van der Waals surface area contributed by atoms with E-state index in [-0.39, 0.29) is 5.91 Å². The molecule has 19 heavy (non-hydrogen) atoms. The van der Waals surface area contributed by atoms with Crippen LogP contribution in [0.2, 0.25) is 0 Å². The van der Waals surface area contributed by atoms with Crippen LogP contribution >= 0.6 is 0 Å². The summed E-state index contributed by atoms with van der Waals surface area (Å²) in [6.07, 6.45) is 3.19. The molecule has 0 unspecified atom stereocenters. The number of carbonyl (C=O) groups is 1. The Morgan fingerprint density at radius 3 is 2.84 bits per heavy atom. The van der Waals surface area contributed by atoms with Gasteiger partial charge in [0.05, 0.1) is 30.9 Å². The van der Waals surface area contributed by atoms with Gasteiger partial charge in [0.2, 0.25) is 0 Å². The predicted molar refractivity (Wildman–Crippen MR) is 71.9 cm³/mol. The molecule has 2 aromatic rings. The van der Waals surface area contributed by atoms with E-state index < -0.39 is 0 Å². The van der Waals surface area contributed by atoms with Gasteiger partial charge < -0.3 is 19.8 Å². The van der Waals surface area contributed by atoms with Gasteiger partial charge in [-0.3, -0.25) is 4.79 Å². The molecule has 0 saturated heterocycles. The zero-order valence-electron chi connectivity index (χ0n) is 10.9. The lowest BCUT2D eigenvalue weighted by atomic mass is 10.1. The monoisotopic (exact) mass is 260 g/mol. The lowest BCUT2D eigenvalue weighted by Crippen LogP contribution is -2.26. The number of methoxy groups -OCH3 is 1. The third kappa shape index (κ3) is 2.70. The van der Waals surface area contributed by atoms with E-state index >= 15 is 0 Å². The van der Waals surface area contributed by atoms with Crippen LogP contribution in [-0.4, -0.2) is 25.0 Å². The molecule has 5 nitrogen and oxygen atoms in total. The number of para-hydroxylation sites is 1. The number of anilines is 1. The molecule has 2 rings (SSSR count). The third-order valence-electron chi connectivity index (χ3n) is 2.86. The van der Waals surface area contributed by atoms with E-state index in [4.69, 9.17) is 14.9 Å². The van der Waals surface area contributed by atoms with E-state index in [2.05, 4.69) is 0 Å². The van der Waals surface area contributed by atoms with E-state index in [0.29, 0.717) is 23.5 Å². The Bertz CT molecular complexity index is 564. The van der Waals surface area contributed by atoms with E-state index in [1.54, 1.807) is 42.7 Å². The Morgan fingerprint density at radius 2 is 2.21 bits per heavy atom. The summed E-state index contributed by atoms with van der Waals surface area (Å²) in [6, 6.07) is 6.97. The second-order valence-corrected chi connectivity index (χ2v) is 4.21. The summed E-state index contributed by atoms with van der Waals surface area (Å²) in [5, 5.41) is 0. The van der Waals surface area contributed by atoms with Gasteiger partial charge in [-0.15, -0.1) is 0 Å². The molecule has 1 amide bonds. The van der Waals surface area contributed by atoms with Crippen molar-refractivity contribution in [2.75, 3.05) is 19.9 Å². The van der Waals surface area contributed by atoms with E-state index in [1.807, 2.05) is 6.07 Å². The van der Waals surface area contributed by atoms with E-state index in [0.717, 1.165) is 5.56 Å². The SMILES string of the molecule is COc1cccc(C(=O)N(C)Cc2ccoc2)c1N. The minimum Gasteiger partial charge on any atom is -0.495 e. The zero-order chi connectivity index (χ0) is 13.8. The minimum absolute atomic E-state index is 0.155. The Labute approximate surface area is 111 Å². The molecule has 5 heteroatoms. The molecule has 1 aromatic heterocycles. The molecule has 0 aliphatic heterocycles. The number of benzene rings is 1. The number of carbonyl (C=O) groups excluding carboxylic acids is 1. The van der Waals surface area contributed by atoms with Crippen LogP contribution in [0.15, 0.2) is 41.2 Å². The highest BCUT2D eigenvalue weighted by Crippen LogP contribution is 2.25. The molecule has 1 aromatic carbocycles. The number of hydrogen-bond acceptors (Lipinski definition) is 4. The fourth-order valence-electron chi connectivity index (χ4n) is 1.84. The summed E-state index contributed by atoms with van der Waals surface area (Å²) in [5.41, 5.74) is 7.63.